The normalized spacial score (nSPS) is 19.4. The molecular formula is C15H25N3O2. The Labute approximate surface area is 121 Å². The highest BCUT2D eigenvalue weighted by Crippen LogP contribution is 2.26. The number of nitrogens with two attached hydrogens (primary N) is 1. The van der Waals surface area contributed by atoms with Gasteiger partial charge in [-0.15, -0.1) is 0 Å². The number of hydrogen-bond donors (Lipinski definition) is 1. The Balaban J connectivity index is 2.11. The van der Waals surface area contributed by atoms with Gasteiger partial charge >= 0.3 is 0 Å². The third-order valence-electron chi connectivity index (χ3n) is 3.33. The molecule has 1 aromatic heterocycles. The summed E-state index contributed by atoms with van der Waals surface area (Å²) in [5, 5.41) is 0. The number of piperidine rings is 1. The van der Waals surface area contributed by atoms with E-state index in [0.29, 0.717) is 17.7 Å². The maximum absolute atomic E-state index is 5.91. The fourth-order valence-corrected chi connectivity index (χ4v) is 2.45. The fourth-order valence-electron chi connectivity index (χ4n) is 2.45. The van der Waals surface area contributed by atoms with Crippen LogP contribution < -0.4 is 15.4 Å². The molecule has 2 rings (SSSR count). The summed E-state index contributed by atoms with van der Waals surface area (Å²) in [6.45, 7) is 8.62. The Hall–Kier alpha value is -1.49. The quantitative estimate of drug-likeness (QED) is 0.897. The molecule has 1 aliphatic rings. The highest BCUT2D eigenvalue weighted by molar-refractivity contribution is 5.54. The summed E-state index contributed by atoms with van der Waals surface area (Å²) in [5.41, 5.74) is 6.50. The predicted octanol–water partition coefficient (Wildman–Crippen LogP) is 2.46. The van der Waals surface area contributed by atoms with Crippen LogP contribution in [0.25, 0.3) is 0 Å². The van der Waals surface area contributed by atoms with Crippen LogP contribution in [0.15, 0.2) is 12.1 Å². The van der Waals surface area contributed by atoms with Gasteiger partial charge in [0, 0.05) is 19.7 Å². The molecule has 1 aliphatic heterocycles. The number of ether oxygens (including phenoxy) is 2. The zero-order valence-corrected chi connectivity index (χ0v) is 12.6. The first-order chi connectivity index (χ1) is 9.60. The molecule has 0 bridgehead atoms. The molecule has 0 radical (unpaired) electrons. The number of pyridine rings is 1. The van der Waals surface area contributed by atoms with Crippen molar-refractivity contribution in [2.75, 3.05) is 30.3 Å². The van der Waals surface area contributed by atoms with E-state index in [0.717, 1.165) is 38.4 Å². The van der Waals surface area contributed by atoms with Crippen molar-refractivity contribution in [1.82, 2.24) is 4.98 Å². The first-order valence-electron chi connectivity index (χ1n) is 7.40. The minimum Gasteiger partial charge on any atom is -0.473 e. The molecule has 0 aromatic carbocycles. The number of rotatable bonds is 5. The lowest BCUT2D eigenvalue weighted by Gasteiger charge is -2.33. The maximum Gasteiger partial charge on any atom is 0.239 e. The molecule has 1 aromatic rings. The molecule has 0 aliphatic carbocycles. The van der Waals surface area contributed by atoms with Crippen LogP contribution in [0, 0.1) is 0 Å². The summed E-state index contributed by atoms with van der Waals surface area (Å²) in [5.74, 6) is 1.44. The van der Waals surface area contributed by atoms with E-state index >= 15 is 0 Å². The van der Waals surface area contributed by atoms with Crippen molar-refractivity contribution >= 4 is 11.5 Å². The van der Waals surface area contributed by atoms with Gasteiger partial charge in [0.1, 0.15) is 5.82 Å². The zero-order chi connectivity index (χ0) is 14.5. The minimum atomic E-state index is 0.0672. The lowest BCUT2D eigenvalue weighted by molar-refractivity contribution is 0.0525. The number of anilines is 2. The molecule has 0 saturated carbocycles. The SMILES string of the molecule is CCOC1CCCN(c2ccc(N)c(OC(C)C)n2)C1. The summed E-state index contributed by atoms with van der Waals surface area (Å²) in [4.78, 5) is 6.80. The molecular weight excluding hydrogens is 254 g/mol. The van der Waals surface area contributed by atoms with E-state index in [1.54, 1.807) is 0 Å². The van der Waals surface area contributed by atoms with E-state index in [-0.39, 0.29) is 6.10 Å². The van der Waals surface area contributed by atoms with Crippen LogP contribution in [0.2, 0.25) is 0 Å². The molecule has 2 N–H and O–H groups in total. The van der Waals surface area contributed by atoms with Crippen LogP contribution in [0.4, 0.5) is 11.5 Å². The first-order valence-corrected chi connectivity index (χ1v) is 7.40. The monoisotopic (exact) mass is 279 g/mol. The lowest BCUT2D eigenvalue weighted by atomic mass is 10.1. The molecule has 112 valence electrons. The van der Waals surface area contributed by atoms with Gasteiger partial charge in [-0.05, 0) is 45.7 Å². The van der Waals surface area contributed by atoms with Gasteiger partial charge in [-0.1, -0.05) is 0 Å². The van der Waals surface area contributed by atoms with Crippen LogP contribution in [-0.4, -0.2) is 36.9 Å². The highest BCUT2D eigenvalue weighted by atomic mass is 16.5. The van der Waals surface area contributed by atoms with E-state index in [9.17, 15) is 0 Å². The summed E-state index contributed by atoms with van der Waals surface area (Å²) in [6, 6.07) is 3.82. The van der Waals surface area contributed by atoms with E-state index in [2.05, 4.69) is 9.88 Å². The average molecular weight is 279 g/mol. The maximum atomic E-state index is 5.91. The van der Waals surface area contributed by atoms with Crippen molar-refractivity contribution in [3.8, 4) is 5.88 Å². The number of nitrogens with zero attached hydrogens (tertiary/aromatic N) is 2. The van der Waals surface area contributed by atoms with Gasteiger partial charge in [-0.3, -0.25) is 0 Å². The van der Waals surface area contributed by atoms with Crippen LogP contribution in [0.3, 0.4) is 0 Å². The summed E-state index contributed by atoms with van der Waals surface area (Å²) in [6.07, 6.45) is 2.60. The van der Waals surface area contributed by atoms with Crippen molar-refractivity contribution in [3.05, 3.63) is 12.1 Å². The van der Waals surface area contributed by atoms with Gasteiger partial charge < -0.3 is 20.1 Å². The Morgan fingerprint density at radius 1 is 1.45 bits per heavy atom. The van der Waals surface area contributed by atoms with E-state index in [4.69, 9.17) is 15.2 Å². The summed E-state index contributed by atoms with van der Waals surface area (Å²) in [7, 11) is 0. The minimum absolute atomic E-state index is 0.0672. The smallest absolute Gasteiger partial charge is 0.239 e. The Morgan fingerprint density at radius 2 is 2.25 bits per heavy atom. The molecule has 5 nitrogen and oxygen atoms in total. The van der Waals surface area contributed by atoms with Gasteiger partial charge in [0.2, 0.25) is 5.88 Å². The Bertz CT molecular complexity index is 435. The van der Waals surface area contributed by atoms with Crippen molar-refractivity contribution < 1.29 is 9.47 Å². The lowest BCUT2D eigenvalue weighted by Crippen LogP contribution is -2.40. The highest BCUT2D eigenvalue weighted by Gasteiger charge is 2.21. The van der Waals surface area contributed by atoms with Gasteiger partial charge in [-0.2, -0.15) is 4.98 Å². The van der Waals surface area contributed by atoms with Crippen molar-refractivity contribution in [2.24, 2.45) is 0 Å². The second kappa shape index (κ2) is 6.79. The van der Waals surface area contributed by atoms with E-state index in [1.165, 1.54) is 0 Å². The Morgan fingerprint density at radius 3 is 2.95 bits per heavy atom. The topological polar surface area (TPSA) is 60.6 Å². The molecule has 2 heterocycles. The van der Waals surface area contributed by atoms with Gasteiger partial charge in [-0.25, -0.2) is 0 Å². The van der Waals surface area contributed by atoms with Crippen molar-refractivity contribution in [3.63, 3.8) is 0 Å². The molecule has 1 fully saturated rings. The molecule has 1 saturated heterocycles. The molecule has 5 heteroatoms. The van der Waals surface area contributed by atoms with Crippen LogP contribution >= 0.6 is 0 Å². The van der Waals surface area contributed by atoms with Gasteiger partial charge in [0.25, 0.3) is 0 Å². The third kappa shape index (κ3) is 3.76. The molecule has 0 amide bonds. The number of hydrogen-bond acceptors (Lipinski definition) is 5. The van der Waals surface area contributed by atoms with Gasteiger partial charge in [0.05, 0.1) is 17.9 Å². The second-order valence-electron chi connectivity index (χ2n) is 5.40. The Kier molecular flexibility index (Phi) is 5.06. The standard InChI is InChI=1S/C15H25N3O2/c1-4-19-12-6-5-9-18(10-12)14-8-7-13(16)15(17-14)20-11(2)3/h7-8,11-12H,4-6,9-10,16H2,1-3H3. The number of nitrogen functional groups attached to an aromatic ring is 1. The zero-order valence-electron chi connectivity index (χ0n) is 12.6. The number of aromatic nitrogens is 1. The van der Waals surface area contributed by atoms with Gasteiger partial charge in [0.15, 0.2) is 0 Å². The van der Waals surface area contributed by atoms with E-state index in [1.807, 2.05) is 32.9 Å². The average Bonchev–Trinajstić information content (AvgIpc) is 2.41. The van der Waals surface area contributed by atoms with E-state index < -0.39 is 0 Å². The predicted molar refractivity (Wildman–Crippen MR) is 81.3 cm³/mol. The molecule has 20 heavy (non-hydrogen) atoms. The fraction of sp³-hybridized carbons (Fsp3) is 0.667. The largest absolute Gasteiger partial charge is 0.473 e. The summed E-state index contributed by atoms with van der Waals surface area (Å²) >= 11 is 0. The first kappa shape index (κ1) is 14.9. The molecule has 1 unspecified atom stereocenters. The van der Waals surface area contributed by atoms with Crippen molar-refractivity contribution in [1.29, 1.82) is 0 Å². The summed E-state index contributed by atoms with van der Waals surface area (Å²) < 4.78 is 11.4. The van der Waals surface area contributed by atoms with Crippen LogP contribution in [0.1, 0.15) is 33.6 Å². The van der Waals surface area contributed by atoms with Crippen molar-refractivity contribution in [2.45, 2.75) is 45.8 Å². The molecule has 1 atom stereocenters. The second-order valence-corrected chi connectivity index (χ2v) is 5.40. The third-order valence-corrected chi connectivity index (χ3v) is 3.33. The molecule has 0 spiro atoms. The van der Waals surface area contributed by atoms with Crippen LogP contribution in [0.5, 0.6) is 5.88 Å². The van der Waals surface area contributed by atoms with Crippen LogP contribution in [-0.2, 0) is 4.74 Å².